The van der Waals surface area contributed by atoms with Crippen LogP contribution in [0.4, 0.5) is 0 Å². The Morgan fingerprint density at radius 1 is 1.00 bits per heavy atom. The van der Waals surface area contributed by atoms with Crippen LogP contribution in [0.5, 0.6) is 0 Å². The number of amides is 1. The van der Waals surface area contributed by atoms with E-state index in [1.807, 2.05) is 39.0 Å². The van der Waals surface area contributed by atoms with E-state index in [9.17, 15) is 4.79 Å². The fourth-order valence-corrected chi connectivity index (χ4v) is 3.54. The molecule has 3 aromatic carbocycles. The van der Waals surface area contributed by atoms with Crippen molar-refractivity contribution in [1.82, 2.24) is 0 Å². The SMILES string of the molecule is C[SiH]C.Cc1cc(C)c(C([NH-])=O)c(C)c1.[Cl][Zr+2][Cl].[c-]1cccc2c1Cc1ccccc1-2. The number of hydrogen-bond donors (Lipinski definition) is 0. The van der Waals surface area contributed by atoms with E-state index >= 15 is 0 Å². The molecule has 1 aliphatic rings. The van der Waals surface area contributed by atoms with Crippen LogP contribution in [0.25, 0.3) is 16.9 Å². The van der Waals surface area contributed by atoms with Gasteiger partial charge < -0.3 is 10.5 Å². The molecule has 1 N–H and O–H groups in total. The second-order valence-corrected chi connectivity index (χ2v) is 12.0. The minimum Gasteiger partial charge on any atom is -0.179 e. The number of aryl methyl sites for hydroxylation is 3. The molecule has 2 nitrogen and oxygen atoms in total. The van der Waals surface area contributed by atoms with Crippen molar-refractivity contribution >= 4 is 32.5 Å². The fraction of sp³-hybridized carbons (Fsp3) is 0.240. The van der Waals surface area contributed by atoms with Gasteiger partial charge in [-0.2, -0.15) is 29.8 Å². The number of benzene rings is 3. The predicted molar refractivity (Wildman–Crippen MR) is 133 cm³/mol. The molecule has 161 valence electrons. The molecular weight excluding hydrogens is 520 g/mol. The number of fused-ring (bicyclic) bond motifs is 3. The molecule has 6 heteroatoms. The van der Waals surface area contributed by atoms with Crippen molar-refractivity contribution < 1.29 is 25.6 Å². The average Bonchev–Trinajstić information content (AvgIpc) is 3.07. The van der Waals surface area contributed by atoms with Crippen molar-refractivity contribution in [3.63, 3.8) is 0 Å². The minimum absolute atomic E-state index is 0.542. The summed E-state index contributed by atoms with van der Waals surface area (Å²) in [6.45, 7) is 10.1. The van der Waals surface area contributed by atoms with Gasteiger partial charge in [-0.15, -0.1) is 5.56 Å². The normalized spacial score (nSPS) is 9.90. The van der Waals surface area contributed by atoms with E-state index in [1.54, 1.807) is 0 Å². The standard InChI is InChI=1S/C13H9.C10H13NO.C2H7Si.2ClH.Zr/c1-3-7-12-10(5-1)9-11-6-2-4-8-13(11)12;1-6-4-7(2)9(10(11)12)8(3)5-6;1-3-2;;;/h1-5,7-8H,9H2;4-5H,1-3H3,(H2,11,12);3H,1-2H3;2*1H;/q-1;;;;;+4/p-3. The molecule has 0 bridgehead atoms. The van der Waals surface area contributed by atoms with Crippen molar-refractivity contribution in [2.45, 2.75) is 40.3 Å². The van der Waals surface area contributed by atoms with Gasteiger partial charge in [-0.3, -0.25) is 0 Å². The summed E-state index contributed by atoms with van der Waals surface area (Å²) in [6.07, 6.45) is 1.05. The maximum Gasteiger partial charge on any atom is -0.0253 e. The first-order valence-corrected chi connectivity index (χ1v) is 18.6. The van der Waals surface area contributed by atoms with Gasteiger partial charge in [0.1, 0.15) is 0 Å². The van der Waals surface area contributed by atoms with Gasteiger partial charge in [-0.05, 0) is 38.3 Å². The molecule has 0 saturated carbocycles. The van der Waals surface area contributed by atoms with Gasteiger partial charge in [0.15, 0.2) is 0 Å². The van der Waals surface area contributed by atoms with Crippen molar-refractivity contribution in [2.75, 3.05) is 0 Å². The van der Waals surface area contributed by atoms with Crippen molar-refractivity contribution in [3.8, 4) is 11.1 Å². The zero-order valence-corrected chi connectivity index (χ0v) is 23.8. The van der Waals surface area contributed by atoms with Crippen molar-refractivity contribution in [2.24, 2.45) is 0 Å². The first kappa shape index (κ1) is 27.8. The van der Waals surface area contributed by atoms with E-state index in [-0.39, 0.29) is 0 Å². The van der Waals surface area contributed by atoms with Crippen LogP contribution in [0.1, 0.15) is 38.2 Å². The third-order valence-corrected chi connectivity index (χ3v) is 4.52. The van der Waals surface area contributed by atoms with Crippen LogP contribution in [-0.4, -0.2) is 15.4 Å². The van der Waals surface area contributed by atoms with Gasteiger partial charge in [0.05, 0.1) is 5.91 Å². The third kappa shape index (κ3) is 8.69. The predicted octanol–water partition coefficient (Wildman–Crippen LogP) is 7.76. The Morgan fingerprint density at radius 2 is 1.52 bits per heavy atom. The molecule has 0 unspecified atom stereocenters. The van der Waals surface area contributed by atoms with Gasteiger partial charge in [0.25, 0.3) is 0 Å². The first-order chi connectivity index (χ1) is 14.8. The molecule has 1 aliphatic carbocycles. The molecule has 0 spiro atoms. The molecule has 0 heterocycles. The molecule has 1 radical (unpaired) electrons. The van der Waals surface area contributed by atoms with Crippen LogP contribution >= 0.6 is 17.0 Å². The third-order valence-electron chi connectivity index (χ3n) is 4.52. The van der Waals surface area contributed by atoms with Gasteiger partial charge in [0, 0.05) is 15.1 Å². The summed E-state index contributed by atoms with van der Waals surface area (Å²) in [6, 6.07) is 22.0. The summed E-state index contributed by atoms with van der Waals surface area (Å²) in [5.41, 5.74) is 16.0. The van der Waals surface area contributed by atoms with E-state index in [0.717, 1.165) is 32.6 Å². The van der Waals surface area contributed by atoms with Crippen LogP contribution in [-0.2, 0) is 27.3 Å². The molecule has 4 rings (SSSR count). The molecule has 0 atom stereocenters. The molecular formula is C25H28Cl2NOSiZr. The summed E-state index contributed by atoms with van der Waals surface area (Å²) >= 11 is -0.826. The summed E-state index contributed by atoms with van der Waals surface area (Å²) in [5.74, 6) is -0.593. The van der Waals surface area contributed by atoms with E-state index in [2.05, 4.69) is 55.6 Å². The van der Waals surface area contributed by atoms with E-state index in [4.69, 9.17) is 22.8 Å². The van der Waals surface area contributed by atoms with E-state index in [1.165, 1.54) is 22.3 Å². The topological polar surface area (TPSA) is 40.9 Å². The summed E-state index contributed by atoms with van der Waals surface area (Å²) in [7, 11) is 10.6. The Kier molecular flexibility index (Phi) is 13.3. The number of rotatable bonds is 1. The van der Waals surface area contributed by atoms with Crippen LogP contribution in [0.3, 0.4) is 0 Å². The zero-order chi connectivity index (χ0) is 23.4. The molecule has 0 fully saturated rings. The molecule has 0 aliphatic heterocycles. The van der Waals surface area contributed by atoms with Crippen LogP contribution in [0.2, 0.25) is 13.1 Å². The monoisotopic (exact) mass is 546 g/mol. The van der Waals surface area contributed by atoms with Crippen LogP contribution in [0, 0.1) is 26.8 Å². The minimum atomic E-state index is -0.826. The van der Waals surface area contributed by atoms with Crippen LogP contribution in [0.15, 0.2) is 54.6 Å². The molecule has 1 amide bonds. The van der Waals surface area contributed by atoms with Gasteiger partial charge in [-0.1, -0.05) is 66.2 Å². The molecule has 0 saturated heterocycles. The Hall–Kier alpha value is -1.19. The number of nitrogens with one attached hydrogen (secondary N) is 1. The zero-order valence-electron chi connectivity index (χ0n) is 18.6. The number of hydrogen-bond acceptors (Lipinski definition) is 1. The quantitative estimate of drug-likeness (QED) is 0.177. The van der Waals surface area contributed by atoms with Crippen molar-refractivity contribution in [3.05, 3.63) is 99.8 Å². The first-order valence-electron chi connectivity index (χ1n) is 9.92. The Bertz CT molecular complexity index is 926. The largest absolute Gasteiger partial charge is 0.179 e. The second-order valence-electron chi connectivity index (χ2n) is 7.15. The maximum absolute atomic E-state index is 10.9. The van der Waals surface area contributed by atoms with Crippen LogP contribution < -0.4 is 0 Å². The second kappa shape index (κ2) is 14.8. The van der Waals surface area contributed by atoms with E-state index in [0.29, 0.717) is 5.56 Å². The van der Waals surface area contributed by atoms with Gasteiger partial charge in [0.2, 0.25) is 0 Å². The summed E-state index contributed by atoms with van der Waals surface area (Å²) in [4.78, 5) is 10.9. The van der Waals surface area contributed by atoms with E-state index < -0.39 is 26.8 Å². The molecule has 31 heavy (non-hydrogen) atoms. The Labute approximate surface area is 208 Å². The van der Waals surface area contributed by atoms with Gasteiger partial charge >= 0.3 is 37.9 Å². The number of halogens is 2. The Balaban J connectivity index is 0.000000249. The molecule has 3 aromatic rings. The summed E-state index contributed by atoms with van der Waals surface area (Å²) < 4.78 is 0. The van der Waals surface area contributed by atoms with Crippen molar-refractivity contribution in [1.29, 1.82) is 0 Å². The Morgan fingerprint density at radius 3 is 2.06 bits per heavy atom. The number of carbonyl (C=O) groups is 1. The summed E-state index contributed by atoms with van der Waals surface area (Å²) in [5, 5.41) is 0. The fourth-order valence-electron chi connectivity index (χ4n) is 3.54. The van der Waals surface area contributed by atoms with Gasteiger partial charge in [-0.25, -0.2) is 0 Å². The number of carbonyl (C=O) groups excluding carboxylic acids is 1. The smallest absolute Gasteiger partial charge is 0.0253 e. The maximum atomic E-state index is 10.9. The molecule has 0 aromatic heterocycles. The average molecular weight is 549 g/mol.